The van der Waals surface area contributed by atoms with Crippen LogP contribution < -0.4 is 5.32 Å². The fourth-order valence-electron chi connectivity index (χ4n) is 5.04. The van der Waals surface area contributed by atoms with Crippen molar-refractivity contribution < 1.29 is 40.6 Å². The van der Waals surface area contributed by atoms with E-state index in [2.05, 4.69) is 12.2 Å². The molecule has 1 saturated heterocycles. The fourth-order valence-corrected chi connectivity index (χ4v) is 5.04. The maximum Gasteiger partial charge on any atom is 0.416 e. The Balaban J connectivity index is 0.000000199. The van der Waals surface area contributed by atoms with Crippen LogP contribution in [-0.2, 0) is 23.8 Å². The van der Waals surface area contributed by atoms with Crippen molar-refractivity contribution in [2.24, 2.45) is 5.92 Å². The summed E-state index contributed by atoms with van der Waals surface area (Å²) < 4.78 is 86.4. The van der Waals surface area contributed by atoms with E-state index in [1.807, 2.05) is 12.1 Å². The molecule has 192 valence electrons. The van der Waals surface area contributed by atoms with Crippen LogP contribution in [0, 0.1) is 11.7 Å². The topological polar surface area (TPSA) is 49.3 Å². The minimum atomic E-state index is -4.87. The van der Waals surface area contributed by atoms with Gasteiger partial charge in [-0.25, -0.2) is 4.39 Å². The molecule has 3 atom stereocenters. The lowest BCUT2D eigenvalue weighted by molar-refractivity contribution is -0.143. The van der Waals surface area contributed by atoms with E-state index in [-0.39, 0.29) is 23.3 Å². The molecule has 4 rings (SSSR count). The average Bonchev–Trinajstić information content (AvgIpc) is 3.41. The van der Waals surface area contributed by atoms with Gasteiger partial charge in [0.05, 0.1) is 17.7 Å². The summed E-state index contributed by atoms with van der Waals surface area (Å²) in [5.41, 5.74) is -2.14. The van der Waals surface area contributed by atoms with Crippen molar-refractivity contribution in [3.63, 3.8) is 0 Å². The summed E-state index contributed by atoms with van der Waals surface area (Å²) in [6.07, 6.45) is -4.69. The first-order chi connectivity index (χ1) is 16.2. The molecule has 1 aliphatic carbocycles. The molecule has 2 aromatic rings. The fraction of sp³-hybridized carbons (Fsp3) is 0.480. The number of benzene rings is 2. The van der Waals surface area contributed by atoms with E-state index < -0.39 is 35.6 Å². The summed E-state index contributed by atoms with van der Waals surface area (Å²) in [4.78, 5) is 11.5. The maximum atomic E-state index is 13.0. The third-order valence-corrected chi connectivity index (χ3v) is 6.76. The van der Waals surface area contributed by atoms with Gasteiger partial charge in [0.15, 0.2) is 0 Å². The molecule has 0 spiro atoms. The van der Waals surface area contributed by atoms with Crippen LogP contribution >= 0.6 is 0 Å². The lowest BCUT2D eigenvalue weighted by Gasteiger charge is -2.35. The minimum Gasteiger partial charge on any atom is -0.392 e. The van der Waals surface area contributed by atoms with Crippen molar-refractivity contribution in [1.82, 2.24) is 5.32 Å². The van der Waals surface area contributed by atoms with Crippen molar-refractivity contribution >= 4 is 5.91 Å². The molecule has 1 amide bonds. The van der Waals surface area contributed by atoms with E-state index in [1.54, 1.807) is 12.1 Å². The van der Waals surface area contributed by atoms with E-state index in [0.29, 0.717) is 30.4 Å². The van der Waals surface area contributed by atoms with Crippen LogP contribution in [0.25, 0.3) is 0 Å². The summed E-state index contributed by atoms with van der Waals surface area (Å²) >= 11 is 0. The SMILES string of the molecule is CC1(C2CCCC2c2ccc(F)cc2)CCC(=O)N1.OCc1cc(C(F)(F)F)cc(C(F)(F)F)c1. The molecule has 2 aromatic carbocycles. The van der Waals surface area contributed by atoms with Crippen LogP contribution in [0.2, 0.25) is 0 Å². The molecular formula is C25H26F7NO2. The maximum absolute atomic E-state index is 13.0. The van der Waals surface area contributed by atoms with Gasteiger partial charge in [-0.1, -0.05) is 18.6 Å². The predicted octanol–water partition coefficient (Wildman–Crippen LogP) is 6.59. The zero-order chi connectivity index (χ0) is 26.0. The number of hydrogen-bond donors (Lipinski definition) is 2. The third kappa shape index (κ3) is 6.54. The number of aliphatic hydroxyl groups is 1. The summed E-state index contributed by atoms with van der Waals surface area (Å²) in [5, 5.41) is 11.8. The average molecular weight is 505 g/mol. The van der Waals surface area contributed by atoms with Crippen LogP contribution in [0.3, 0.4) is 0 Å². The van der Waals surface area contributed by atoms with Gasteiger partial charge in [0, 0.05) is 12.0 Å². The first-order valence-corrected chi connectivity index (χ1v) is 11.2. The highest BCUT2D eigenvalue weighted by molar-refractivity contribution is 5.79. The zero-order valence-corrected chi connectivity index (χ0v) is 18.9. The van der Waals surface area contributed by atoms with Gasteiger partial charge in [0.1, 0.15) is 5.82 Å². The Kier molecular flexibility index (Phi) is 7.83. The van der Waals surface area contributed by atoms with Crippen molar-refractivity contribution in [3.8, 4) is 0 Å². The lowest BCUT2D eigenvalue weighted by atomic mass is 9.75. The monoisotopic (exact) mass is 505 g/mol. The van der Waals surface area contributed by atoms with Gasteiger partial charge in [0.2, 0.25) is 5.91 Å². The first kappa shape index (κ1) is 27.0. The third-order valence-electron chi connectivity index (χ3n) is 6.76. The molecule has 35 heavy (non-hydrogen) atoms. The highest BCUT2D eigenvalue weighted by Crippen LogP contribution is 2.48. The Labute approximate surface area is 198 Å². The molecular weight excluding hydrogens is 479 g/mol. The Bertz CT molecular complexity index is 1000. The number of aliphatic hydroxyl groups excluding tert-OH is 1. The number of hydrogen-bond acceptors (Lipinski definition) is 2. The number of nitrogens with one attached hydrogen (secondary N) is 1. The quantitative estimate of drug-likeness (QED) is 0.462. The van der Waals surface area contributed by atoms with Gasteiger partial charge in [-0.2, -0.15) is 26.3 Å². The van der Waals surface area contributed by atoms with Gasteiger partial charge in [-0.3, -0.25) is 4.79 Å². The van der Waals surface area contributed by atoms with Crippen molar-refractivity contribution in [1.29, 1.82) is 0 Å². The molecule has 1 aliphatic heterocycles. The van der Waals surface area contributed by atoms with E-state index in [0.717, 1.165) is 19.3 Å². The molecule has 3 unspecified atom stereocenters. The van der Waals surface area contributed by atoms with Gasteiger partial charge < -0.3 is 10.4 Å². The molecule has 0 aromatic heterocycles. The Morgan fingerprint density at radius 3 is 2.00 bits per heavy atom. The molecule has 2 fully saturated rings. The van der Waals surface area contributed by atoms with Crippen molar-refractivity contribution in [3.05, 3.63) is 70.5 Å². The molecule has 10 heteroatoms. The summed E-state index contributed by atoms with van der Waals surface area (Å²) in [7, 11) is 0. The minimum absolute atomic E-state index is 0.0131. The number of carbonyl (C=O) groups excluding carboxylic acids is 1. The standard InChI is InChI=1S/C16H20FNO.C9H6F6O/c1-16(10-9-15(19)18-16)14-4-2-3-13(14)11-5-7-12(17)8-6-11;10-8(11,12)6-1-5(4-16)2-7(3-6)9(13,14)15/h5-8,13-14H,2-4,9-10H2,1H3,(H,18,19);1-3,16H,4H2. The van der Waals surface area contributed by atoms with Gasteiger partial charge >= 0.3 is 12.4 Å². The predicted molar refractivity (Wildman–Crippen MR) is 115 cm³/mol. The van der Waals surface area contributed by atoms with E-state index in [9.17, 15) is 35.5 Å². The smallest absolute Gasteiger partial charge is 0.392 e. The molecule has 0 bridgehead atoms. The first-order valence-electron chi connectivity index (χ1n) is 11.2. The molecule has 0 radical (unpaired) electrons. The van der Waals surface area contributed by atoms with Crippen LogP contribution in [0.5, 0.6) is 0 Å². The number of amides is 1. The molecule has 2 aliphatic rings. The molecule has 2 N–H and O–H groups in total. The number of carbonyl (C=O) groups is 1. The van der Waals surface area contributed by atoms with Crippen LogP contribution in [-0.4, -0.2) is 16.6 Å². The Morgan fingerprint density at radius 2 is 1.54 bits per heavy atom. The highest BCUT2D eigenvalue weighted by atomic mass is 19.4. The number of halogens is 7. The van der Waals surface area contributed by atoms with E-state index in [4.69, 9.17) is 5.11 Å². The molecule has 3 nitrogen and oxygen atoms in total. The lowest BCUT2D eigenvalue weighted by Crippen LogP contribution is -2.46. The second-order valence-electron chi connectivity index (χ2n) is 9.23. The summed E-state index contributed by atoms with van der Waals surface area (Å²) in [5.74, 6) is 0.916. The highest BCUT2D eigenvalue weighted by Gasteiger charge is 2.46. The molecule has 1 heterocycles. The van der Waals surface area contributed by atoms with Crippen molar-refractivity contribution in [2.45, 2.75) is 69.4 Å². The van der Waals surface area contributed by atoms with E-state index in [1.165, 1.54) is 12.0 Å². The van der Waals surface area contributed by atoms with Gasteiger partial charge in [0.25, 0.3) is 0 Å². The van der Waals surface area contributed by atoms with Crippen LogP contribution in [0.15, 0.2) is 42.5 Å². The van der Waals surface area contributed by atoms with Gasteiger partial charge in [-0.15, -0.1) is 0 Å². The molecule has 1 saturated carbocycles. The Hall–Kier alpha value is -2.62. The zero-order valence-electron chi connectivity index (χ0n) is 18.9. The summed E-state index contributed by atoms with van der Waals surface area (Å²) in [6.45, 7) is 1.29. The van der Waals surface area contributed by atoms with Crippen LogP contribution in [0.1, 0.15) is 67.2 Å². The second-order valence-corrected chi connectivity index (χ2v) is 9.23. The van der Waals surface area contributed by atoms with Crippen LogP contribution in [0.4, 0.5) is 30.7 Å². The largest absolute Gasteiger partial charge is 0.416 e. The number of rotatable bonds is 3. The second kappa shape index (κ2) is 10.2. The normalized spacial score (nSPS) is 24.7. The summed E-state index contributed by atoms with van der Waals surface area (Å²) in [6, 6.07) is 7.86. The van der Waals surface area contributed by atoms with E-state index >= 15 is 0 Å². The van der Waals surface area contributed by atoms with Gasteiger partial charge in [-0.05, 0) is 79.5 Å². The number of alkyl halides is 6. The van der Waals surface area contributed by atoms with Crippen molar-refractivity contribution in [2.75, 3.05) is 0 Å². The Morgan fingerprint density at radius 1 is 0.971 bits per heavy atom.